The minimum atomic E-state index is -2.61. The molecule has 8 aromatic rings. The average molecular weight is 679 g/mol. The van der Waals surface area contributed by atoms with Crippen LogP contribution in [0.25, 0.3) is 33.4 Å². The highest BCUT2D eigenvalue weighted by atomic mass is 28.3. The molecule has 2 heteroatoms. The number of hydrogen-bond acceptors (Lipinski definition) is 0. The van der Waals surface area contributed by atoms with Gasteiger partial charge >= 0.3 is 0 Å². The first-order valence-corrected chi connectivity index (χ1v) is 22.1. The van der Waals surface area contributed by atoms with E-state index in [0.29, 0.717) is 0 Å². The van der Waals surface area contributed by atoms with Gasteiger partial charge in [-0.15, -0.1) is 0 Å². The van der Waals surface area contributed by atoms with E-state index in [2.05, 4.69) is 194 Å². The summed E-state index contributed by atoms with van der Waals surface area (Å²) in [6, 6.07) is 74.5. The monoisotopic (exact) mass is 678 g/mol. The van der Waals surface area contributed by atoms with Crippen LogP contribution in [-0.4, -0.2) is 16.1 Å². The Labute approximate surface area is 301 Å². The van der Waals surface area contributed by atoms with Gasteiger partial charge in [-0.3, -0.25) is 0 Å². The maximum absolute atomic E-state index is 2.61. The van der Waals surface area contributed by atoms with E-state index in [1.807, 2.05) is 0 Å². The van der Waals surface area contributed by atoms with Gasteiger partial charge in [-0.25, -0.2) is 0 Å². The van der Waals surface area contributed by atoms with Crippen molar-refractivity contribution in [2.45, 2.75) is 6.42 Å². The molecule has 0 amide bonds. The second kappa shape index (κ2) is 10.8. The summed E-state index contributed by atoms with van der Waals surface area (Å²) in [6.45, 7) is 0. The lowest BCUT2D eigenvalue weighted by molar-refractivity contribution is 1.28. The fourth-order valence-electron chi connectivity index (χ4n) is 10.2. The van der Waals surface area contributed by atoms with Gasteiger partial charge in [0.1, 0.15) is 0 Å². The second-order valence-corrected chi connectivity index (χ2v) is 21.7. The molecule has 11 rings (SSSR count). The molecular formula is C49H34Si2. The molecule has 2 heterocycles. The Morgan fingerprint density at radius 1 is 0.275 bits per heavy atom. The van der Waals surface area contributed by atoms with E-state index in [4.69, 9.17) is 0 Å². The first kappa shape index (κ1) is 29.0. The molecule has 0 bridgehead atoms. The van der Waals surface area contributed by atoms with E-state index in [-0.39, 0.29) is 0 Å². The van der Waals surface area contributed by atoms with Crippen LogP contribution in [-0.2, 0) is 6.42 Å². The molecule has 0 unspecified atom stereocenters. The first-order chi connectivity index (χ1) is 25.3. The summed E-state index contributed by atoms with van der Waals surface area (Å²) in [7, 11) is -5.20. The minimum absolute atomic E-state index is 0.958. The Bertz CT molecular complexity index is 2580. The summed E-state index contributed by atoms with van der Waals surface area (Å²) in [5, 5.41) is 11.9. The predicted octanol–water partition coefficient (Wildman–Crippen LogP) is 5.97. The van der Waals surface area contributed by atoms with Crippen molar-refractivity contribution in [3.8, 4) is 33.4 Å². The molecule has 0 radical (unpaired) electrons. The van der Waals surface area contributed by atoms with E-state index < -0.39 is 16.1 Å². The predicted molar refractivity (Wildman–Crippen MR) is 220 cm³/mol. The molecule has 0 fully saturated rings. The molecule has 0 atom stereocenters. The van der Waals surface area contributed by atoms with Crippen LogP contribution in [0.3, 0.4) is 0 Å². The molecule has 51 heavy (non-hydrogen) atoms. The molecule has 0 N–H and O–H groups in total. The van der Waals surface area contributed by atoms with Gasteiger partial charge in [-0.05, 0) is 92.4 Å². The van der Waals surface area contributed by atoms with Crippen LogP contribution < -0.4 is 41.5 Å². The standard InChI is InChI=1S/C49H34Si2/c1-3-16-35(17-4-1)50(45-25-11-7-20-39(45)40-21-8-12-26-46(40)50)37-31-30-34-32-44-38(43(34)33-37)24-15-29-49(44)51(36-18-5-2-6-19-36)47-27-13-9-22-41(47)42-23-10-14-28-48(42)51/h1-31,33H,32H2. The van der Waals surface area contributed by atoms with Crippen molar-refractivity contribution in [1.82, 2.24) is 0 Å². The van der Waals surface area contributed by atoms with Crippen LogP contribution in [0.5, 0.6) is 0 Å². The Hall–Kier alpha value is -5.81. The Balaban J connectivity index is 1.18. The van der Waals surface area contributed by atoms with Crippen molar-refractivity contribution < 1.29 is 0 Å². The summed E-state index contributed by atoms with van der Waals surface area (Å²) >= 11 is 0. The van der Waals surface area contributed by atoms with E-state index in [9.17, 15) is 0 Å². The van der Waals surface area contributed by atoms with Crippen molar-refractivity contribution in [2.75, 3.05) is 0 Å². The lowest BCUT2D eigenvalue weighted by Gasteiger charge is -2.33. The van der Waals surface area contributed by atoms with Gasteiger partial charge in [0.15, 0.2) is 16.1 Å². The van der Waals surface area contributed by atoms with Gasteiger partial charge in [0.25, 0.3) is 0 Å². The van der Waals surface area contributed by atoms with Gasteiger partial charge < -0.3 is 0 Å². The van der Waals surface area contributed by atoms with Crippen LogP contribution in [0.1, 0.15) is 11.1 Å². The molecule has 0 aromatic heterocycles. The Morgan fingerprint density at radius 2 is 0.686 bits per heavy atom. The highest BCUT2D eigenvalue weighted by Crippen LogP contribution is 2.39. The van der Waals surface area contributed by atoms with Crippen LogP contribution >= 0.6 is 0 Å². The molecule has 238 valence electrons. The van der Waals surface area contributed by atoms with Crippen molar-refractivity contribution >= 4 is 57.6 Å². The maximum Gasteiger partial charge on any atom is 0.181 e. The van der Waals surface area contributed by atoms with Crippen LogP contribution in [0.15, 0.2) is 194 Å². The van der Waals surface area contributed by atoms with Crippen molar-refractivity contribution in [2.24, 2.45) is 0 Å². The molecule has 2 aliphatic heterocycles. The molecule has 3 aliphatic rings. The van der Waals surface area contributed by atoms with Crippen molar-refractivity contribution in [3.63, 3.8) is 0 Å². The third kappa shape index (κ3) is 3.73. The van der Waals surface area contributed by atoms with Gasteiger partial charge in [0.2, 0.25) is 0 Å². The normalized spacial score (nSPS) is 14.9. The largest absolute Gasteiger partial charge is 0.181 e. The van der Waals surface area contributed by atoms with E-state index in [1.54, 1.807) is 0 Å². The van der Waals surface area contributed by atoms with E-state index in [0.717, 1.165) is 6.42 Å². The fourth-order valence-corrected chi connectivity index (χ4v) is 20.8. The highest BCUT2D eigenvalue weighted by molar-refractivity contribution is 7.23. The number of benzene rings is 8. The van der Waals surface area contributed by atoms with Crippen LogP contribution in [0, 0.1) is 0 Å². The highest BCUT2D eigenvalue weighted by Gasteiger charge is 2.51. The Kier molecular flexibility index (Phi) is 6.16. The number of hydrogen-bond donors (Lipinski definition) is 0. The summed E-state index contributed by atoms with van der Waals surface area (Å²) < 4.78 is 0. The van der Waals surface area contributed by atoms with Gasteiger partial charge in [-0.2, -0.15) is 0 Å². The number of rotatable bonds is 4. The van der Waals surface area contributed by atoms with Gasteiger partial charge in [-0.1, -0.05) is 194 Å². The molecule has 0 spiro atoms. The molecule has 8 aromatic carbocycles. The minimum Gasteiger partial charge on any atom is -0.0623 e. The van der Waals surface area contributed by atoms with Crippen LogP contribution in [0.2, 0.25) is 0 Å². The molecule has 0 nitrogen and oxygen atoms in total. The van der Waals surface area contributed by atoms with E-state index >= 15 is 0 Å². The zero-order valence-corrected chi connectivity index (χ0v) is 30.2. The molecular weight excluding hydrogens is 645 g/mol. The topological polar surface area (TPSA) is 0 Å². The quantitative estimate of drug-likeness (QED) is 0.201. The maximum atomic E-state index is 2.61. The lowest BCUT2D eigenvalue weighted by Crippen LogP contribution is -2.73. The van der Waals surface area contributed by atoms with E-state index in [1.165, 1.54) is 86.0 Å². The summed E-state index contributed by atoms with van der Waals surface area (Å²) in [6.07, 6.45) is 0.958. The van der Waals surface area contributed by atoms with Crippen molar-refractivity contribution in [3.05, 3.63) is 205 Å². The average Bonchev–Trinajstić information content (AvgIpc) is 3.84. The summed E-state index contributed by atoms with van der Waals surface area (Å²) in [5.41, 5.74) is 11.3. The SMILES string of the molecule is c1ccc([Si]2(c3ccc4c(c3)-c3cccc([Si]5(c6ccccc6)c6ccccc6-c6ccccc65)c3C4)c3ccccc3-c3ccccc32)cc1. The van der Waals surface area contributed by atoms with Crippen LogP contribution in [0.4, 0.5) is 0 Å². The second-order valence-electron chi connectivity index (χ2n) is 14.3. The lowest BCUT2D eigenvalue weighted by atomic mass is 10.1. The summed E-state index contributed by atoms with van der Waals surface area (Å²) in [5.74, 6) is 0. The van der Waals surface area contributed by atoms with Crippen molar-refractivity contribution in [1.29, 1.82) is 0 Å². The molecule has 0 saturated carbocycles. The third-order valence-corrected chi connectivity index (χ3v) is 21.9. The number of fused-ring (bicyclic) bond motifs is 9. The first-order valence-electron chi connectivity index (χ1n) is 18.1. The summed E-state index contributed by atoms with van der Waals surface area (Å²) in [4.78, 5) is 0. The molecule has 1 aliphatic carbocycles. The zero-order valence-electron chi connectivity index (χ0n) is 28.2. The van der Waals surface area contributed by atoms with Gasteiger partial charge in [0, 0.05) is 0 Å². The smallest absolute Gasteiger partial charge is 0.0623 e. The fraction of sp³-hybridized carbons (Fsp3) is 0.0204. The molecule has 0 saturated heterocycles. The zero-order chi connectivity index (χ0) is 33.6. The Morgan fingerprint density at radius 3 is 1.22 bits per heavy atom. The third-order valence-electron chi connectivity index (χ3n) is 12.1. The van der Waals surface area contributed by atoms with Gasteiger partial charge in [0.05, 0.1) is 0 Å².